The van der Waals surface area contributed by atoms with Crippen LogP contribution in [0.25, 0.3) is 0 Å². The fraction of sp³-hybridized carbons (Fsp3) is 0.188. The minimum atomic E-state index is -0.104. The van der Waals surface area contributed by atoms with E-state index in [1.54, 1.807) is 7.11 Å². The molecule has 0 heterocycles. The van der Waals surface area contributed by atoms with Crippen molar-refractivity contribution in [3.8, 4) is 5.75 Å². The van der Waals surface area contributed by atoms with Crippen LogP contribution in [0.3, 0.4) is 0 Å². The first-order valence-corrected chi connectivity index (χ1v) is 6.27. The number of amides is 1. The van der Waals surface area contributed by atoms with Crippen molar-refractivity contribution in [2.75, 3.05) is 12.4 Å². The molecule has 3 nitrogen and oxygen atoms in total. The average molecular weight is 255 g/mol. The lowest BCUT2D eigenvalue weighted by Gasteiger charge is -2.06. The molecule has 0 fully saturated rings. The Balaban J connectivity index is 2.06. The largest absolute Gasteiger partial charge is 0.497 e. The van der Waals surface area contributed by atoms with Crippen LogP contribution in [0.5, 0.6) is 5.75 Å². The maximum atomic E-state index is 12.0. The van der Waals surface area contributed by atoms with Gasteiger partial charge in [0.15, 0.2) is 0 Å². The van der Waals surface area contributed by atoms with Crippen LogP contribution in [0.4, 0.5) is 5.69 Å². The molecule has 0 radical (unpaired) electrons. The number of hydrogen-bond donors (Lipinski definition) is 1. The number of methoxy groups -OCH3 is 1. The Morgan fingerprint density at radius 3 is 2.21 bits per heavy atom. The predicted molar refractivity (Wildman–Crippen MR) is 76.8 cm³/mol. The Labute approximate surface area is 113 Å². The Kier molecular flexibility index (Phi) is 4.18. The molecule has 0 saturated carbocycles. The van der Waals surface area contributed by atoms with Crippen molar-refractivity contribution >= 4 is 11.6 Å². The van der Waals surface area contributed by atoms with Crippen molar-refractivity contribution in [2.24, 2.45) is 0 Å². The number of ether oxygens (including phenoxy) is 1. The Bertz CT molecular complexity index is 544. The highest BCUT2D eigenvalue weighted by Crippen LogP contribution is 2.16. The van der Waals surface area contributed by atoms with E-state index in [2.05, 4.69) is 12.2 Å². The zero-order valence-electron chi connectivity index (χ0n) is 11.1. The van der Waals surface area contributed by atoms with Crippen LogP contribution in [0.1, 0.15) is 22.8 Å². The second kappa shape index (κ2) is 6.05. The molecule has 0 aliphatic heterocycles. The van der Waals surface area contributed by atoms with E-state index < -0.39 is 0 Å². The minimum Gasteiger partial charge on any atom is -0.497 e. The van der Waals surface area contributed by atoms with Gasteiger partial charge in [0.1, 0.15) is 5.75 Å². The van der Waals surface area contributed by atoms with Crippen molar-refractivity contribution < 1.29 is 9.53 Å². The lowest BCUT2D eigenvalue weighted by molar-refractivity contribution is 0.102. The molecule has 98 valence electrons. The molecule has 0 atom stereocenters. The number of carbonyl (C=O) groups is 1. The van der Waals surface area contributed by atoms with Crippen LogP contribution in [0.15, 0.2) is 48.5 Å². The van der Waals surface area contributed by atoms with Gasteiger partial charge in [0.25, 0.3) is 5.91 Å². The topological polar surface area (TPSA) is 38.3 Å². The summed E-state index contributed by atoms with van der Waals surface area (Å²) in [6, 6.07) is 14.9. The Morgan fingerprint density at radius 2 is 1.68 bits per heavy atom. The maximum Gasteiger partial charge on any atom is 0.255 e. The van der Waals surface area contributed by atoms with E-state index in [0.29, 0.717) is 5.56 Å². The normalized spacial score (nSPS) is 10.0. The van der Waals surface area contributed by atoms with Crippen LogP contribution in [-0.2, 0) is 6.42 Å². The van der Waals surface area contributed by atoms with E-state index in [-0.39, 0.29) is 5.91 Å². The predicted octanol–water partition coefficient (Wildman–Crippen LogP) is 3.51. The first kappa shape index (κ1) is 13.1. The molecule has 2 rings (SSSR count). The molecule has 0 aromatic heterocycles. The van der Waals surface area contributed by atoms with E-state index in [9.17, 15) is 4.79 Å². The SMILES string of the molecule is CCc1ccc(C(=O)Nc2ccc(OC)cc2)cc1. The summed E-state index contributed by atoms with van der Waals surface area (Å²) in [6.07, 6.45) is 0.973. The van der Waals surface area contributed by atoms with Gasteiger partial charge < -0.3 is 10.1 Å². The molecule has 19 heavy (non-hydrogen) atoms. The zero-order chi connectivity index (χ0) is 13.7. The molecule has 1 N–H and O–H groups in total. The summed E-state index contributed by atoms with van der Waals surface area (Å²) in [6.45, 7) is 2.09. The van der Waals surface area contributed by atoms with Crippen molar-refractivity contribution in [2.45, 2.75) is 13.3 Å². The quantitative estimate of drug-likeness (QED) is 0.908. The molecule has 3 heteroatoms. The molecule has 0 unspecified atom stereocenters. The monoisotopic (exact) mass is 255 g/mol. The van der Waals surface area contributed by atoms with Crippen LogP contribution in [-0.4, -0.2) is 13.0 Å². The van der Waals surface area contributed by atoms with Gasteiger partial charge in [0, 0.05) is 11.3 Å². The number of anilines is 1. The Morgan fingerprint density at radius 1 is 1.05 bits per heavy atom. The average Bonchev–Trinajstić information content (AvgIpc) is 2.48. The van der Waals surface area contributed by atoms with Gasteiger partial charge >= 0.3 is 0 Å². The van der Waals surface area contributed by atoms with Crippen LogP contribution in [0.2, 0.25) is 0 Å². The lowest BCUT2D eigenvalue weighted by Crippen LogP contribution is -2.11. The molecule has 0 spiro atoms. The van der Waals surface area contributed by atoms with Crippen molar-refractivity contribution in [1.82, 2.24) is 0 Å². The second-order valence-electron chi connectivity index (χ2n) is 4.23. The van der Waals surface area contributed by atoms with Gasteiger partial charge in [-0.15, -0.1) is 0 Å². The molecule has 2 aromatic carbocycles. The summed E-state index contributed by atoms with van der Waals surface area (Å²) in [4.78, 5) is 12.0. The molecule has 1 amide bonds. The van der Waals surface area contributed by atoms with Gasteiger partial charge in [0.2, 0.25) is 0 Å². The van der Waals surface area contributed by atoms with Gasteiger partial charge in [-0.25, -0.2) is 0 Å². The lowest BCUT2D eigenvalue weighted by atomic mass is 10.1. The standard InChI is InChI=1S/C16H17NO2/c1-3-12-4-6-13(7-5-12)16(18)17-14-8-10-15(19-2)11-9-14/h4-11H,3H2,1-2H3,(H,17,18). The number of nitrogens with one attached hydrogen (secondary N) is 1. The summed E-state index contributed by atoms with van der Waals surface area (Å²) in [5.74, 6) is 0.665. The van der Waals surface area contributed by atoms with E-state index >= 15 is 0 Å². The second-order valence-corrected chi connectivity index (χ2v) is 4.23. The van der Waals surface area contributed by atoms with Crippen LogP contribution < -0.4 is 10.1 Å². The van der Waals surface area contributed by atoms with E-state index in [4.69, 9.17) is 4.74 Å². The summed E-state index contributed by atoms with van der Waals surface area (Å²) in [7, 11) is 1.61. The van der Waals surface area contributed by atoms with Crippen molar-refractivity contribution in [3.63, 3.8) is 0 Å². The molecule has 0 aliphatic carbocycles. The molecule has 0 aliphatic rings. The number of aryl methyl sites for hydroxylation is 1. The highest BCUT2D eigenvalue weighted by Gasteiger charge is 2.05. The van der Waals surface area contributed by atoms with Gasteiger partial charge in [-0.1, -0.05) is 19.1 Å². The minimum absolute atomic E-state index is 0.104. The molecule has 0 bridgehead atoms. The first-order chi connectivity index (χ1) is 9.22. The summed E-state index contributed by atoms with van der Waals surface area (Å²) in [5.41, 5.74) is 2.64. The van der Waals surface area contributed by atoms with Crippen LogP contribution >= 0.6 is 0 Å². The zero-order valence-corrected chi connectivity index (χ0v) is 11.1. The smallest absolute Gasteiger partial charge is 0.255 e. The molecular formula is C16H17NO2. The maximum absolute atomic E-state index is 12.0. The Hall–Kier alpha value is -2.29. The third-order valence-corrected chi connectivity index (χ3v) is 2.97. The summed E-state index contributed by atoms with van der Waals surface area (Å²) < 4.78 is 5.07. The third kappa shape index (κ3) is 3.35. The van der Waals surface area contributed by atoms with E-state index in [1.165, 1.54) is 5.56 Å². The number of rotatable bonds is 4. The number of hydrogen-bond acceptors (Lipinski definition) is 2. The third-order valence-electron chi connectivity index (χ3n) is 2.97. The van der Waals surface area contributed by atoms with Gasteiger partial charge in [-0.2, -0.15) is 0 Å². The molecule has 2 aromatic rings. The fourth-order valence-corrected chi connectivity index (χ4v) is 1.77. The summed E-state index contributed by atoms with van der Waals surface area (Å²) in [5, 5.41) is 2.85. The van der Waals surface area contributed by atoms with E-state index in [0.717, 1.165) is 17.9 Å². The number of carbonyl (C=O) groups excluding carboxylic acids is 1. The van der Waals surface area contributed by atoms with Gasteiger partial charge in [0.05, 0.1) is 7.11 Å². The van der Waals surface area contributed by atoms with Crippen molar-refractivity contribution in [3.05, 3.63) is 59.7 Å². The van der Waals surface area contributed by atoms with Gasteiger partial charge in [-0.05, 0) is 48.4 Å². The molecular weight excluding hydrogens is 238 g/mol. The van der Waals surface area contributed by atoms with Crippen LogP contribution in [0, 0.1) is 0 Å². The first-order valence-electron chi connectivity index (χ1n) is 6.27. The van der Waals surface area contributed by atoms with Crippen molar-refractivity contribution in [1.29, 1.82) is 0 Å². The highest BCUT2D eigenvalue weighted by molar-refractivity contribution is 6.04. The highest BCUT2D eigenvalue weighted by atomic mass is 16.5. The molecule has 0 saturated heterocycles. The number of benzene rings is 2. The fourth-order valence-electron chi connectivity index (χ4n) is 1.77. The summed E-state index contributed by atoms with van der Waals surface area (Å²) >= 11 is 0. The van der Waals surface area contributed by atoms with E-state index in [1.807, 2.05) is 48.5 Å². The van der Waals surface area contributed by atoms with Gasteiger partial charge in [-0.3, -0.25) is 4.79 Å².